The second-order valence-corrected chi connectivity index (χ2v) is 4.50. The summed E-state index contributed by atoms with van der Waals surface area (Å²) in [5, 5.41) is 14.0. The predicted molar refractivity (Wildman–Crippen MR) is 76.1 cm³/mol. The first-order valence-electron chi connectivity index (χ1n) is 6.03. The molecule has 7 heteroatoms. The Morgan fingerprint density at radius 2 is 2.05 bits per heavy atom. The van der Waals surface area contributed by atoms with Crippen LogP contribution in [0.2, 0.25) is 5.02 Å². The molecule has 0 fully saturated rings. The highest BCUT2D eigenvalue weighted by Gasteiger charge is 2.16. The van der Waals surface area contributed by atoms with Gasteiger partial charge in [0.15, 0.2) is 0 Å². The fraction of sp³-hybridized carbons (Fsp3) is 0.385. The molecular formula is C13H17ClN2O4. The molecule has 0 spiro atoms. The lowest BCUT2D eigenvalue weighted by atomic mass is 10.2. The molecule has 0 unspecified atom stereocenters. The molecule has 3 N–H and O–H groups in total. The SMILES string of the molecule is COc1cc(Cl)c(C)cc1NC(=O)C(=O)NCCCO. The summed E-state index contributed by atoms with van der Waals surface area (Å²) in [6, 6.07) is 3.19. The molecule has 0 aliphatic rings. The smallest absolute Gasteiger partial charge is 0.313 e. The van der Waals surface area contributed by atoms with Gasteiger partial charge in [0.2, 0.25) is 0 Å². The molecular weight excluding hydrogens is 284 g/mol. The van der Waals surface area contributed by atoms with Crippen molar-refractivity contribution in [2.75, 3.05) is 25.6 Å². The van der Waals surface area contributed by atoms with Crippen LogP contribution in [0.1, 0.15) is 12.0 Å². The largest absolute Gasteiger partial charge is 0.495 e. The third kappa shape index (κ3) is 4.40. The van der Waals surface area contributed by atoms with Crippen LogP contribution in [0.5, 0.6) is 5.75 Å². The maximum absolute atomic E-state index is 11.7. The van der Waals surface area contributed by atoms with E-state index in [-0.39, 0.29) is 13.2 Å². The summed E-state index contributed by atoms with van der Waals surface area (Å²) in [6.45, 7) is 1.96. The number of aliphatic hydroxyl groups excluding tert-OH is 1. The Bertz CT molecular complexity index is 505. The van der Waals surface area contributed by atoms with Crippen LogP contribution in [0.15, 0.2) is 12.1 Å². The zero-order valence-corrected chi connectivity index (χ0v) is 12.1. The Labute approximate surface area is 122 Å². The lowest BCUT2D eigenvalue weighted by Crippen LogP contribution is -2.36. The Morgan fingerprint density at radius 3 is 2.65 bits per heavy atom. The number of benzene rings is 1. The molecule has 1 aromatic rings. The quantitative estimate of drug-likeness (QED) is 0.561. The van der Waals surface area contributed by atoms with Crippen LogP contribution in [-0.2, 0) is 9.59 Å². The first kappa shape index (κ1) is 16.3. The number of anilines is 1. The summed E-state index contributed by atoms with van der Waals surface area (Å²) in [6.07, 6.45) is 0.391. The summed E-state index contributed by atoms with van der Waals surface area (Å²) >= 11 is 5.95. The molecule has 0 saturated heterocycles. The van der Waals surface area contributed by atoms with Crippen molar-refractivity contribution in [1.29, 1.82) is 0 Å². The highest BCUT2D eigenvalue weighted by atomic mass is 35.5. The van der Waals surface area contributed by atoms with Gasteiger partial charge in [-0.25, -0.2) is 0 Å². The number of aliphatic hydroxyl groups is 1. The minimum Gasteiger partial charge on any atom is -0.495 e. The second-order valence-electron chi connectivity index (χ2n) is 4.09. The van der Waals surface area contributed by atoms with Crippen LogP contribution in [0.25, 0.3) is 0 Å². The van der Waals surface area contributed by atoms with Crippen molar-refractivity contribution in [3.8, 4) is 5.75 Å². The number of ether oxygens (including phenoxy) is 1. The number of nitrogens with one attached hydrogen (secondary N) is 2. The zero-order valence-electron chi connectivity index (χ0n) is 11.3. The molecule has 2 amide bonds. The minimum atomic E-state index is -0.803. The van der Waals surface area contributed by atoms with E-state index >= 15 is 0 Å². The monoisotopic (exact) mass is 300 g/mol. The molecule has 0 aliphatic heterocycles. The number of carbonyl (C=O) groups is 2. The van der Waals surface area contributed by atoms with Gasteiger partial charge in [-0.05, 0) is 25.0 Å². The highest BCUT2D eigenvalue weighted by molar-refractivity contribution is 6.40. The van der Waals surface area contributed by atoms with Gasteiger partial charge in [-0.15, -0.1) is 0 Å². The maximum Gasteiger partial charge on any atom is 0.313 e. The van der Waals surface area contributed by atoms with Gasteiger partial charge >= 0.3 is 11.8 Å². The lowest BCUT2D eigenvalue weighted by molar-refractivity contribution is -0.136. The van der Waals surface area contributed by atoms with Crippen molar-refractivity contribution in [3.63, 3.8) is 0 Å². The molecule has 1 aromatic carbocycles. The number of carbonyl (C=O) groups excluding carboxylic acids is 2. The van der Waals surface area contributed by atoms with Gasteiger partial charge in [0.25, 0.3) is 0 Å². The molecule has 0 saturated carbocycles. The molecule has 0 atom stereocenters. The Balaban J connectivity index is 2.75. The summed E-state index contributed by atoms with van der Waals surface area (Å²) in [7, 11) is 1.44. The van der Waals surface area contributed by atoms with E-state index in [9.17, 15) is 9.59 Å². The van der Waals surface area contributed by atoms with Gasteiger partial charge in [0, 0.05) is 24.2 Å². The number of hydrogen-bond donors (Lipinski definition) is 3. The number of amides is 2. The third-order valence-electron chi connectivity index (χ3n) is 2.56. The van der Waals surface area contributed by atoms with Gasteiger partial charge in [0.05, 0.1) is 12.8 Å². The van der Waals surface area contributed by atoms with E-state index in [2.05, 4.69) is 10.6 Å². The number of methoxy groups -OCH3 is 1. The molecule has 0 aromatic heterocycles. The summed E-state index contributed by atoms with van der Waals surface area (Å²) in [4.78, 5) is 23.2. The molecule has 0 heterocycles. The van der Waals surface area contributed by atoms with E-state index in [0.717, 1.165) is 5.56 Å². The van der Waals surface area contributed by atoms with Crippen LogP contribution < -0.4 is 15.4 Å². The molecule has 0 radical (unpaired) electrons. The molecule has 0 aliphatic carbocycles. The first-order chi connectivity index (χ1) is 9.49. The minimum absolute atomic E-state index is 0.0495. The Kier molecular flexibility index (Phi) is 6.27. The van der Waals surface area contributed by atoms with Crippen molar-refractivity contribution in [3.05, 3.63) is 22.7 Å². The van der Waals surface area contributed by atoms with E-state index in [0.29, 0.717) is 22.9 Å². The molecule has 1 rings (SSSR count). The van der Waals surface area contributed by atoms with Gasteiger partial charge in [-0.2, -0.15) is 0 Å². The van der Waals surface area contributed by atoms with Crippen LogP contribution in [0.4, 0.5) is 5.69 Å². The van der Waals surface area contributed by atoms with Crippen molar-refractivity contribution >= 4 is 29.1 Å². The lowest BCUT2D eigenvalue weighted by Gasteiger charge is -2.12. The molecule has 6 nitrogen and oxygen atoms in total. The average molecular weight is 301 g/mol. The van der Waals surface area contributed by atoms with Crippen LogP contribution >= 0.6 is 11.6 Å². The summed E-state index contributed by atoms with van der Waals surface area (Å²) < 4.78 is 5.10. The van der Waals surface area contributed by atoms with E-state index in [1.54, 1.807) is 19.1 Å². The average Bonchev–Trinajstić information content (AvgIpc) is 2.42. The van der Waals surface area contributed by atoms with Gasteiger partial charge in [0.1, 0.15) is 5.75 Å². The third-order valence-corrected chi connectivity index (χ3v) is 2.96. The van der Waals surface area contributed by atoms with Crippen LogP contribution in [0, 0.1) is 6.92 Å². The summed E-state index contributed by atoms with van der Waals surface area (Å²) in [5.74, 6) is -1.20. The van der Waals surface area contributed by atoms with E-state index in [1.807, 2.05) is 0 Å². The van der Waals surface area contributed by atoms with Crippen molar-refractivity contribution in [1.82, 2.24) is 5.32 Å². The second kappa shape index (κ2) is 7.72. The number of halogens is 1. The van der Waals surface area contributed by atoms with Crippen molar-refractivity contribution in [2.24, 2.45) is 0 Å². The number of aryl methyl sites for hydroxylation is 1. The first-order valence-corrected chi connectivity index (χ1v) is 6.41. The van der Waals surface area contributed by atoms with Gasteiger partial charge in [-0.3, -0.25) is 9.59 Å². The molecule has 0 bridgehead atoms. The van der Waals surface area contributed by atoms with E-state index in [1.165, 1.54) is 7.11 Å². The number of hydrogen-bond acceptors (Lipinski definition) is 4. The Morgan fingerprint density at radius 1 is 1.35 bits per heavy atom. The maximum atomic E-state index is 11.7. The van der Waals surface area contributed by atoms with E-state index < -0.39 is 11.8 Å². The topological polar surface area (TPSA) is 87.7 Å². The zero-order chi connectivity index (χ0) is 15.1. The molecule has 20 heavy (non-hydrogen) atoms. The van der Waals surface area contributed by atoms with Gasteiger partial charge < -0.3 is 20.5 Å². The van der Waals surface area contributed by atoms with Crippen LogP contribution in [0.3, 0.4) is 0 Å². The predicted octanol–water partition coefficient (Wildman–Crippen LogP) is 1.09. The van der Waals surface area contributed by atoms with Gasteiger partial charge in [-0.1, -0.05) is 11.6 Å². The van der Waals surface area contributed by atoms with Crippen molar-refractivity contribution < 1.29 is 19.4 Å². The molecule has 110 valence electrons. The Hall–Kier alpha value is -1.79. The van der Waals surface area contributed by atoms with Crippen molar-refractivity contribution in [2.45, 2.75) is 13.3 Å². The fourth-order valence-corrected chi connectivity index (χ4v) is 1.62. The van der Waals surface area contributed by atoms with Crippen LogP contribution in [-0.4, -0.2) is 37.2 Å². The highest BCUT2D eigenvalue weighted by Crippen LogP contribution is 2.30. The fourth-order valence-electron chi connectivity index (χ4n) is 1.47. The van der Waals surface area contributed by atoms with E-state index in [4.69, 9.17) is 21.4 Å². The summed E-state index contributed by atoms with van der Waals surface area (Å²) in [5.41, 5.74) is 1.13. The normalized spacial score (nSPS) is 10.0. The number of rotatable bonds is 5. The standard InChI is InChI=1S/C13H17ClN2O4/c1-8-6-10(11(20-2)7-9(8)14)16-13(19)12(18)15-4-3-5-17/h6-7,17H,3-5H2,1-2H3,(H,15,18)(H,16,19).